The van der Waals surface area contributed by atoms with Gasteiger partial charge in [0.25, 0.3) is 5.91 Å². The van der Waals surface area contributed by atoms with Crippen LogP contribution in [0.4, 0.5) is 0 Å². The lowest BCUT2D eigenvalue weighted by atomic mass is 10.0. The number of fused-ring (bicyclic) bond motifs is 1. The van der Waals surface area contributed by atoms with Gasteiger partial charge in [-0.2, -0.15) is 0 Å². The summed E-state index contributed by atoms with van der Waals surface area (Å²) in [7, 11) is 0. The van der Waals surface area contributed by atoms with E-state index in [0.29, 0.717) is 6.42 Å². The van der Waals surface area contributed by atoms with Crippen LogP contribution in [0.2, 0.25) is 0 Å². The molecule has 7 nitrogen and oxygen atoms in total. The van der Waals surface area contributed by atoms with E-state index in [4.69, 9.17) is 0 Å². The molecule has 0 aliphatic rings. The molecule has 0 fully saturated rings. The number of nitrogens with one attached hydrogen (secondary N) is 2. The van der Waals surface area contributed by atoms with Gasteiger partial charge in [0.15, 0.2) is 0 Å². The van der Waals surface area contributed by atoms with Crippen LogP contribution >= 0.6 is 0 Å². The highest BCUT2D eigenvalue weighted by Crippen LogP contribution is 2.19. The highest BCUT2D eigenvalue weighted by Gasteiger charge is 2.24. The fraction of sp³-hybridized carbons (Fsp3) is 0.190. The largest absolute Gasteiger partial charge is 0.480 e. The van der Waals surface area contributed by atoms with Crippen molar-refractivity contribution in [1.82, 2.24) is 10.3 Å². The van der Waals surface area contributed by atoms with Crippen molar-refractivity contribution in [2.45, 2.75) is 25.3 Å². The summed E-state index contributed by atoms with van der Waals surface area (Å²) < 4.78 is 0. The minimum absolute atomic E-state index is 0.103. The van der Waals surface area contributed by atoms with E-state index in [9.17, 15) is 19.9 Å². The van der Waals surface area contributed by atoms with Crippen LogP contribution in [0.15, 0.2) is 65.9 Å². The molecular weight excluding hydrogens is 358 g/mol. The molecule has 0 unspecified atom stereocenters. The number of amides is 1. The zero-order valence-electron chi connectivity index (χ0n) is 15.1. The monoisotopic (exact) mass is 379 g/mol. The third-order valence-corrected chi connectivity index (χ3v) is 4.58. The van der Waals surface area contributed by atoms with Crippen molar-refractivity contribution in [3.05, 3.63) is 71.9 Å². The zero-order valence-corrected chi connectivity index (χ0v) is 15.1. The number of carbonyl (C=O) groups is 2. The molecule has 3 rings (SSSR count). The highest BCUT2D eigenvalue weighted by molar-refractivity contribution is 6.39. The first kappa shape index (κ1) is 19.2. The maximum atomic E-state index is 12.4. The van der Waals surface area contributed by atoms with Crippen LogP contribution in [0, 0.1) is 0 Å². The third kappa shape index (κ3) is 4.56. The number of para-hydroxylation sites is 1. The number of hydrogen-bond acceptors (Lipinski definition) is 4. The maximum Gasteiger partial charge on any atom is 0.326 e. The van der Waals surface area contributed by atoms with Crippen LogP contribution in [0.1, 0.15) is 17.5 Å². The third-order valence-electron chi connectivity index (χ3n) is 4.58. The Kier molecular flexibility index (Phi) is 6.06. The Hall–Kier alpha value is -3.61. The molecule has 3 aromatic rings. The van der Waals surface area contributed by atoms with Crippen molar-refractivity contribution < 1.29 is 19.9 Å². The fourth-order valence-corrected chi connectivity index (χ4v) is 3.08. The molecule has 0 aliphatic heterocycles. The molecule has 4 N–H and O–H groups in total. The number of nitrogens with zero attached hydrogens (tertiary/aromatic N) is 1. The van der Waals surface area contributed by atoms with Gasteiger partial charge in [0, 0.05) is 29.9 Å². The SMILES string of the molecule is O=C(N[C@@H](Cc1c[nH]c2ccccc12)C(=O)O)C(CCc1ccccc1)=NO. The van der Waals surface area contributed by atoms with Crippen LogP contribution in [0.3, 0.4) is 0 Å². The number of aryl methyl sites for hydroxylation is 1. The Balaban J connectivity index is 1.67. The average molecular weight is 379 g/mol. The fourth-order valence-electron chi connectivity index (χ4n) is 3.08. The Labute approximate surface area is 161 Å². The van der Waals surface area contributed by atoms with E-state index in [1.807, 2.05) is 54.6 Å². The van der Waals surface area contributed by atoms with Crippen molar-refractivity contribution >= 4 is 28.5 Å². The van der Waals surface area contributed by atoms with Crippen molar-refractivity contribution in [2.75, 3.05) is 0 Å². The van der Waals surface area contributed by atoms with Gasteiger partial charge in [0.1, 0.15) is 11.8 Å². The van der Waals surface area contributed by atoms with Crippen LogP contribution in [-0.2, 0) is 22.4 Å². The van der Waals surface area contributed by atoms with Crippen molar-refractivity contribution in [2.24, 2.45) is 5.16 Å². The van der Waals surface area contributed by atoms with E-state index < -0.39 is 17.9 Å². The van der Waals surface area contributed by atoms with Crippen LogP contribution < -0.4 is 5.32 Å². The van der Waals surface area contributed by atoms with Crippen LogP contribution in [-0.4, -0.2) is 38.9 Å². The molecule has 0 saturated heterocycles. The number of rotatable bonds is 8. The topological polar surface area (TPSA) is 115 Å². The van der Waals surface area contributed by atoms with Gasteiger partial charge in [0.2, 0.25) is 0 Å². The van der Waals surface area contributed by atoms with Gasteiger partial charge in [-0.15, -0.1) is 0 Å². The summed E-state index contributed by atoms with van der Waals surface area (Å²) in [4.78, 5) is 27.2. The summed E-state index contributed by atoms with van der Waals surface area (Å²) in [6.45, 7) is 0. The summed E-state index contributed by atoms with van der Waals surface area (Å²) in [5.41, 5.74) is 2.57. The number of aromatic amines is 1. The first-order valence-electron chi connectivity index (χ1n) is 8.92. The van der Waals surface area contributed by atoms with Gasteiger partial charge >= 0.3 is 5.97 Å². The Morgan fingerprint density at radius 1 is 1.07 bits per heavy atom. The molecule has 28 heavy (non-hydrogen) atoms. The zero-order chi connectivity index (χ0) is 19.9. The summed E-state index contributed by atoms with van der Waals surface area (Å²) in [6.07, 6.45) is 2.56. The molecule has 0 aliphatic carbocycles. The number of oxime groups is 1. The van der Waals surface area contributed by atoms with E-state index >= 15 is 0 Å². The molecule has 1 heterocycles. The first-order valence-corrected chi connectivity index (χ1v) is 8.92. The number of benzene rings is 2. The van der Waals surface area contributed by atoms with E-state index in [-0.39, 0.29) is 18.6 Å². The smallest absolute Gasteiger partial charge is 0.326 e. The standard InChI is InChI=1S/C21H21N3O4/c25-20(18(24-28)11-10-14-6-2-1-3-7-14)23-19(21(26)27)12-15-13-22-17-9-5-4-8-16(15)17/h1-9,13,19,22,28H,10-12H2,(H,23,25)(H,26,27)/t19-/m0/s1. The number of carboxylic acid groups (broad SMARTS) is 1. The van der Waals surface area contributed by atoms with Gasteiger partial charge in [-0.05, 0) is 23.6 Å². The molecule has 144 valence electrons. The second-order valence-corrected chi connectivity index (χ2v) is 6.46. The Morgan fingerprint density at radius 3 is 2.50 bits per heavy atom. The van der Waals surface area contributed by atoms with Gasteiger partial charge in [-0.3, -0.25) is 4.79 Å². The number of carbonyl (C=O) groups excluding carboxylic acids is 1. The Bertz CT molecular complexity index is 995. The summed E-state index contributed by atoms with van der Waals surface area (Å²) in [6, 6.07) is 15.9. The Morgan fingerprint density at radius 2 is 1.79 bits per heavy atom. The molecule has 0 saturated carbocycles. The average Bonchev–Trinajstić information content (AvgIpc) is 3.11. The van der Waals surface area contributed by atoms with E-state index in [1.54, 1.807) is 6.20 Å². The van der Waals surface area contributed by atoms with E-state index in [0.717, 1.165) is 22.0 Å². The molecular formula is C21H21N3O4. The van der Waals surface area contributed by atoms with E-state index in [2.05, 4.69) is 15.5 Å². The minimum Gasteiger partial charge on any atom is -0.480 e. The quantitative estimate of drug-likeness (QED) is 0.274. The summed E-state index contributed by atoms with van der Waals surface area (Å²) >= 11 is 0. The minimum atomic E-state index is -1.15. The molecule has 1 amide bonds. The molecule has 1 atom stereocenters. The number of H-pyrrole nitrogens is 1. The van der Waals surface area contributed by atoms with Gasteiger partial charge < -0.3 is 20.6 Å². The van der Waals surface area contributed by atoms with Gasteiger partial charge in [-0.25, -0.2) is 4.79 Å². The predicted molar refractivity (Wildman–Crippen MR) is 106 cm³/mol. The molecule has 2 aromatic carbocycles. The second-order valence-electron chi connectivity index (χ2n) is 6.46. The number of carboxylic acids is 1. The summed E-state index contributed by atoms with van der Waals surface area (Å²) in [5, 5.41) is 25.2. The number of aliphatic carboxylic acids is 1. The lowest BCUT2D eigenvalue weighted by Gasteiger charge is -2.15. The normalized spacial score (nSPS) is 12.6. The van der Waals surface area contributed by atoms with Crippen molar-refractivity contribution in [1.29, 1.82) is 0 Å². The maximum absolute atomic E-state index is 12.4. The molecule has 0 bridgehead atoms. The highest BCUT2D eigenvalue weighted by atomic mass is 16.4. The lowest BCUT2D eigenvalue weighted by Crippen LogP contribution is -2.45. The molecule has 0 spiro atoms. The lowest BCUT2D eigenvalue weighted by molar-refractivity contribution is -0.141. The summed E-state index contributed by atoms with van der Waals surface area (Å²) in [5.74, 6) is -1.84. The second kappa shape index (κ2) is 8.85. The van der Waals surface area contributed by atoms with Crippen LogP contribution in [0.5, 0.6) is 0 Å². The van der Waals surface area contributed by atoms with Gasteiger partial charge in [-0.1, -0.05) is 53.7 Å². The number of hydrogen-bond donors (Lipinski definition) is 4. The van der Waals surface area contributed by atoms with Crippen molar-refractivity contribution in [3.8, 4) is 0 Å². The predicted octanol–water partition coefficient (Wildman–Crippen LogP) is 2.74. The van der Waals surface area contributed by atoms with Gasteiger partial charge in [0.05, 0.1) is 0 Å². The first-order chi connectivity index (χ1) is 13.6. The van der Waals surface area contributed by atoms with Crippen LogP contribution in [0.25, 0.3) is 10.9 Å². The van der Waals surface area contributed by atoms with Crippen molar-refractivity contribution in [3.63, 3.8) is 0 Å². The number of aromatic nitrogens is 1. The molecule has 7 heteroatoms. The van der Waals surface area contributed by atoms with E-state index in [1.165, 1.54) is 0 Å². The molecule has 1 aromatic heterocycles. The molecule has 0 radical (unpaired) electrons.